The van der Waals surface area contributed by atoms with Crippen molar-refractivity contribution in [3.63, 3.8) is 0 Å². The molecule has 0 saturated carbocycles. The molecule has 0 bridgehead atoms. The molecule has 122 valence electrons. The molecular formula is C18H18N4OS. The van der Waals surface area contributed by atoms with Crippen molar-refractivity contribution in [1.82, 2.24) is 19.0 Å². The summed E-state index contributed by atoms with van der Waals surface area (Å²) >= 11 is 1.90. The first-order valence-electron chi connectivity index (χ1n) is 7.96. The van der Waals surface area contributed by atoms with Crippen molar-refractivity contribution in [2.45, 2.75) is 0 Å². The van der Waals surface area contributed by atoms with Gasteiger partial charge < -0.3 is 14.0 Å². The predicted molar refractivity (Wildman–Crippen MR) is 96.1 cm³/mol. The van der Waals surface area contributed by atoms with E-state index >= 15 is 0 Å². The van der Waals surface area contributed by atoms with Crippen LogP contribution >= 0.6 is 11.8 Å². The molecule has 5 nitrogen and oxygen atoms in total. The Morgan fingerprint density at radius 1 is 1.00 bits per heavy atom. The molecule has 1 aliphatic heterocycles. The molecule has 3 heterocycles. The maximum atomic E-state index is 12.8. The minimum Gasteiger partial charge on any atom is -0.337 e. The van der Waals surface area contributed by atoms with E-state index < -0.39 is 0 Å². The average Bonchev–Trinajstić information content (AvgIpc) is 3.35. The van der Waals surface area contributed by atoms with Gasteiger partial charge in [-0.3, -0.25) is 4.79 Å². The number of amides is 1. The quantitative estimate of drug-likeness (QED) is 0.737. The Labute approximate surface area is 144 Å². The Morgan fingerprint density at radius 3 is 2.50 bits per heavy atom. The van der Waals surface area contributed by atoms with Gasteiger partial charge in [0.25, 0.3) is 5.91 Å². The number of thioether (sulfide) groups is 1. The van der Waals surface area contributed by atoms with Gasteiger partial charge >= 0.3 is 0 Å². The Balaban J connectivity index is 1.75. The standard InChI is InChI=1S/C18H18N4OS/c23-18(21-9-11-24-12-10-21)15-3-4-16(22-8-5-19-14-22)17(13-15)20-6-1-2-7-20/h1-8,13-14H,9-12H2. The summed E-state index contributed by atoms with van der Waals surface area (Å²) in [6.45, 7) is 1.65. The Morgan fingerprint density at radius 2 is 1.79 bits per heavy atom. The van der Waals surface area contributed by atoms with Crippen LogP contribution in [0.2, 0.25) is 0 Å². The number of hydrogen-bond acceptors (Lipinski definition) is 3. The highest BCUT2D eigenvalue weighted by Gasteiger charge is 2.20. The highest BCUT2D eigenvalue weighted by molar-refractivity contribution is 7.99. The average molecular weight is 338 g/mol. The third-order valence-corrected chi connectivity index (χ3v) is 5.13. The lowest BCUT2D eigenvalue weighted by Crippen LogP contribution is -2.37. The Kier molecular flexibility index (Phi) is 4.13. The van der Waals surface area contributed by atoms with Crippen LogP contribution in [-0.2, 0) is 0 Å². The summed E-state index contributed by atoms with van der Waals surface area (Å²) in [5.41, 5.74) is 2.69. The molecule has 0 radical (unpaired) electrons. The normalized spacial score (nSPS) is 14.8. The van der Waals surface area contributed by atoms with Gasteiger partial charge in [0.15, 0.2) is 0 Å². The summed E-state index contributed by atoms with van der Waals surface area (Å²) in [7, 11) is 0. The number of nitrogens with zero attached hydrogens (tertiary/aromatic N) is 4. The summed E-state index contributed by atoms with van der Waals surface area (Å²) in [4.78, 5) is 18.9. The van der Waals surface area contributed by atoms with Crippen LogP contribution in [0.3, 0.4) is 0 Å². The lowest BCUT2D eigenvalue weighted by atomic mass is 10.1. The van der Waals surface area contributed by atoms with Gasteiger partial charge in [0.05, 0.1) is 17.7 Å². The van der Waals surface area contributed by atoms with E-state index in [2.05, 4.69) is 4.98 Å². The molecule has 24 heavy (non-hydrogen) atoms. The molecule has 0 aliphatic carbocycles. The summed E-state index contributed by atoms with van der Waals surface area (Å²) in [5.74, 6) is 2.15. The van der Waals surface area contributed by atoms with Crippen LogP contribution in [0.4, 0.5) is 0 Å². The van der Waals surface area contributed by atoms with Crippen molar-refractivity contribution in [2.75, 3.05) is 24.6 Å². The number of rotatable bonds is 3. The van der Waals surface area contributed by atoms with E-state index in [1.807, 2.05) is 74.7 Å². The second-order valence-electron chi connectivity index (χ2n) is 5.67. The van der Waals surface area contributed by atoms with Gasteiger partial charge in [-0.1, -0.05) is 0 Å². The third-order valence-electron chi connectivity index (χ3n) is 4.19. The number of carbonyl (C=O) groups is 1. The molecule has 6 heteroatoms. The molecule has 0 N–H and O–H groups in total. The van der Waals surface area contributed by atoms with E-state index in [4.69, 9.17) is 0 Å². The Hall–Kier alpha value is -2.47. The number of imidazole rings is 1. The van der Waals surface area contributed by atoms with Crippen molar-refractivity contribution in [3.8, 4) is 11.4 Å². The molecule has 1 saturated heterocycles. The zero-order valence-electron chi connectivity index (χ0n) is 13.2. The lowest BCUT2D eigenvalue weighted by Gasteiger charge is -2.26. The molecule has 0 atom stereocenters. The highest BCUT2D eigenvalue weighted by atomic mass is 32.2. The van der Waals surface area contributed by atoms with Crippen molar-refractivity contribution in [2.24, 2.45) is 0 Å². The number of aromatic nitrogens is 3. The van der Waals surface area contributed by atoms with Crippen molar-refractivity contribution >= 4 is 17.7 Å². The van der Waals surface area contributed by atoms with Gasteiger partial charge in [0.1, 0.15) is 0 Å². The number of carbonyl (C=O) groups excluding carboxylic acids is 1. The topological polar surface area (TPSA) is 43.1 Å². The molecule has 4 rings (SSSR count). The SMILES string of the molecule is O=C(c1ccc(-n2ccnc2)c(-n2cccc2)c1)N1CCSCC1. The van der Waals surface area contributed by atoms with Crippen molar-refractivity contribution in [1.29, 1.82) is 0 Å². The zero-order chi connectivity index (χ0) is 16.4. The summed E-state index contributed by atoms with van der Waals surface area (Å²) in [5, 5.41) is 0. The lowest BCUT2D eigenvalue weighted by molar-refractivity contribution is 0.0772. The third kappa shape index (κ3) is 2.85. The zero-order valence-corrected chi connectivity index (χ0v) is 14.0. The molecule has 0 spiro atoms. The minimum absolute atomic E-state index is 0.112. The van der Waals surface area contributed by atoms with Gasteiger partial charge in [-0.05, 0) is 30.3 Å². The molecule has 3 aromatic rings. The fourth-order valence-electron chi connectivity index (χ4n) is 2.93. The first-order chi connectivity index (χ1) is 11.8. The van der Waals surface area contributed by atoms with E-state index in [0.717, 1.165) is 41.5 Å². The maximum Gasteiger partial charge on any atom is 0.253 e. The van der Waals surface area contributed by atoms with Crippen LogP contribution < -0.4 is 0 Å². The predicted octanol–water partition coefficient (Wildman–Crippen LogP) is 2.85. The van der Waals surface area contributed by atoms with Gasteiger partial charge in [-0.2, -0.15) is 11.8 Å². The fraction of sp³-hybridized carbons (Fsp3) is 0.222. The van der Waals surface area contributed by atoms with E-state index in [9.17, 15) is 4.79 Å². The van der Waals surface area contributed by atoms with E-state index in [1.54, 1.807) is 12.5 Å². The minimum atomic E-state index is 0.112. The van der Waals surface area contributed by atoms with E-state index in [1.165, 1.54) is 0 Å². The summed E-state index contributed by atoms with van der Waals surface area (Å²) < 4.78 is 3.99. The largest absolute Gasteiger partial charge is 0.337 e. The second-order valence-corrected chi connectivity index (χ2v) is 6.89. The van der Waals surface area contributed by atoms with Crippen molar-refractivity contribution < 1.29 is 4.79 Å². The van der Waals surface area contributed by atoms with Crippen LogP contribution in [0.5, 0.6) is 0 Å². The van der Waals surface area contributed by atoms with Gasteiger partial charge in [0.2, 0.25) is 0 Å². The van der Waals surface area contributed by atoms with Crippen LogP contribution in [0.1, 0.15) is 10.4 Å². The van der Waals surface area contributed by atoms with Gasteiger partial charge in [0, 0.05) is 54.9 Å². The molecular weight excluding hydrogens is 320 g/mol. The summed E-state index contributed by atoms with van der Waals surface area (Å²) in [6, 6.07) is 9.83. The first kappa shape index (κ1) is 15.1. The molecule has 1 aromatic carbocycles. The van der Waals surface area contributed by atoms with Gasteiger partial charge in [-0.15, -0.1) is 0 Å². The van der Waals surface area contributed by atoms with Crippen LogP contribution in [0, 0.1) is 0 Å². The molecule has 1 fully saturated rings. The Bertz CT molecular complexity index is 821. The molecule has 2 aromatic heterocycles. The number of hydrogen-bond donors (Lipinski definition) is 0. The smallest absolute Gasteiger partial charge is 0.253 e. The van der Waals surface area contributed by atoms with Crippen LogP contribution in [0.15, 0.2) is 61.4 Å². The molecule has 1 amide bonds. The first-order valence-corrected chi connectivity index (χ1v) is 9.11. The monoisotopic (exact) mass is 338 g/mol. The van der Waals surface area contributed by atoms with Crippen molar-refractivity contribution in [3.05, 3.63) is 67.0 Å². The highest BCUT2D eigenvalue weighted by Crippen LogP contribution is 2.23. The summed E-state index contributed by atoms with van der Waals surface area (Å²) in [6.07, 6.45) is 9.41. The van der Waals surface area contributed by atoms with Crippen LogP contribution in [0.25, 0.3) is 11.4 Å². The maximum absolute atomic E-state index is 12.8. The fourth-order valence-corrected chi connectivity index (χ4v) is 3.83. The molecule has 1 aliphatic rings. The van der Waals surface area contributed by atoms with E-state index in [0.29, 0.717) is 0 Å². The van der Waals surface area contributed by atoms with Gasteiger partial charge in [-0.25, -0.2) is 4.98 Å². The van der Waals surface area contributed by atoms with Crippen LogP contribution in [-0.4, -0.2) is 49.5 Å². The molecule has 0 unspecified atom stereocenters. The van der Waals surface area contributed by atoms with E-state index in [-0.39, 0.29) is 5.91 Å². The second kappa shape index (κ2) is 6.57. The number of benzene rings is 1.